The third-order valence-corrected chi connectivity index (χ3v) is 6.62. The molecule has 0 spiro atoms. The average Bonchev–Trinajstić information content (AvgIpc) is 2.83. The van der Waals surface area contributed by atoms with Crippen LogP contribution in [0.2, 0.25) is 0 Å². The number of aryl methyl sites for hydroxylation is 1. The molecule has 1 aliphatic carbocycles. The molecule has 1 saturated heterocycles. The first-order valence-corrected chi connectivity index (χ1v) is 11.3. The van der Waals surface area contributed by atoms with Crippen LogP contribution in [0.4, 0.5) is 5.69 Å². The average molecular weight is 457 g/mol. The number of carbonyl (C=O) groups excluding carboxylic acids is 2. The smallest absolute Gasteiger partial charge is 0.221 e. The Labute approximate surface area is 199 Å². The molecule has 1 unspecified atom stereocenters. The van der Waals surface area contributed by atoms with Gasteiger partial charge >= 0.3 is 0 Å². The van der Waals surface area contributed by atoms with Gasteiger partial charge in [-0.25, -0.2) is 0 Å². The van der Waals surface area contributed by atoms with E-state index in [1.807, 2.05) is 48.4 Å². The summed E-state index contributed by atoms with van der Waals surface area (Å²) in [5.41, 5.74) is 9.50. The normalized spacial score (nSPS) is 20.3. The number of carbonyl (C=O) groups is 2. The molecule has 2 amide bonds. The van der Waals surface area contributed by atoms with Gasteiger partial charge in [-0.3, -0.25) is 19.6 Å². The van der Waals surface area contributed by atoms with E-state index in [0.29, 0.717) is 25.1 Å². The summed E-state index contributed by atoms with van der Waals surface area (Å²) in [7, 11) is 0. The fourth-order valence-electron chi connectivity index (χ4n) is 4.87. The Hall–Kier alpha value is -3.99. The summed E-state index contributed by atoms with van der Waals surface area (Å²) in [5.74, 6) is -0.316. The summed E-state index contributed by atoms with van der Waals surface area (Å²) >= 11 is 0. The van der Waals surface area contributed by atoms with E-state index in [4.69, 9.17) is 10.7 Å². The molecular formula is C26H28N6O2. The third-order valence-electron chi connectivity index (χ3n) is 6.62. The van der Waals surface area contributed by atoms with Gasteiger partial charge in [-0.1, -0.05) is 11.6 Å². The van der Waals surface area contributed by atoms with Gasteiger partial charge in [0, 0.05) is 57.0 Å². The van der Waals surface area contributed by atoms with Crippen molar-refractivity contribution >= 4 is 17.5 Å². The number of piperazine rings is 1. The lowest BCUT2D eigenvalue weighted by atomic mass is 9.65. The van der Waals surface area contributed by atoms with E-state index >= 15 is 0 Å². The van der Waals surface area contributed by atoms with Crippen LogP contribution in [0.15, 0.2) is 60.0 Å². The molecule has 8 nitrogen and oxygen atoms in total. The Morgan fingerprint density at radius 1 is 1.15 bits per heavy atom. The second-order valence-electron chi connectivity index (χ2n) is 8.82. The number of hydrogen-bond acceptors (Lipinski definition) is 6. The van der Waals surface area contributed by atoms with Crippen molar-refractivity contribution < 1.29 is 9.59 Å². The van der Waals surface area contributed by atoms with Crippen molar-refractivity contribution in [3.63, 3.8) is 0 Å². The lowest BCUT2D eigenvalue weighted by Gasteiger charge is -2.38. The van der Waals surface area contributed by atoms with Crippen molar-refractivity contribution in [3.05, 3.63) is 76.9 Å². The zero-order valence-electron chi connectivity index (χ0n) is 19.5. The van der Waals surface area contributed by atoms with Crippen LogP contribution in [0.3, 0.4) is 0 Å². The Balaban J connectivity index is 1.73. The molecule has 0 aromatic carbocycles. The van der Waals surface area contributed by atoms with Crippen molar-refractivity contribution in [2.75, 3.05) is 31.1 Å². The van der Waals surface area contributed by atoms with Crippen LogP contribution in [-0.2, 0) is 15.0 Å². The van der Waals surface area contributed by atoms with E-state index in [9.17, 15) is 14.9 Å². The quantitative estimate of drug-likeness (QED) is 0.739. The summed E-state index contributed by atoms with van der Waals surface area (Å²) in [6.07, 6.45) is 7.71. The van der Waals surface area contributed by atoms with Crippen LogP contribution in [0, 0.1) is 18.3 Å². The number of pyridine rings is 2. The highest BCUT2D eigenvalue weighted by Gasteiger charge is 2.42. The number of aromatic nitrogens is 2. The summed E-state index contributed by atoms with van der Waals surface area (Å²) < 4.78 is 0. The van der Waals surface area contributed by atoms with Gasteiger partial charge in [0.15, 0.2) is 0 Å². The molecule has 0 radical (unpaired) electrons. The van der Waals surface area contributed by atoms with E-state index in [0.717, 1.165) is 41.3 Å². The zero-order valence-corrected chi connectivity index (χ0v) is 19.5. The largest absolute Gasteiger partial charge is 0.369 e. The van der Waals surface area contributed by atoms with Gasteiger partial charge in [-0.2, -0.15) is 5.26 Å². The molecule has 2 aromatic heterocycles. The number of allylic oxidation sites excluding steroid dienone is 3. The van der Waals surface area contributed by atoms with E-state index in [1.165, 1.54) is 0 Å². The molecule has 174 valence electrons. The lowest BCUT2D eigenvalue weighted by molar-refractivity contribution is -0.129. The van der Waals surface area contributed by atoms with Gasteiger partial charge in [0.25, 0.3) is 0 Å². The van der Waals surface area contributed by atoms with Crippen molar-refractivity contribution in [1.29, 1.82) is 5.26 Å². The number of primary amides is 1. The molecule has 2 N–H and O–H groups in total. The summed E-state index contributed by atoms with van der Waals surface area (Å²) in [5, 5.41) is 10.1. The second kappa shape index (κ2) is 9.48. The maximum absolute atomic E-state index is 11.7. The predicted octanol–water partition coefficient (Wildman–Crippen LogP) is 2.40. The second-order valence-corrected chi connectivity index (χ2v) is 8.82. The Bertz CT molecular complexity index is 1200. The highest BCUT2D eigenvalue weighted by molar-refractivity contribution is 5.77. The minimum absolute atomic E-state index is 0.0932. The number of nitrogens with zero attached hydrogens (tertiary/aromatic N) is 5. The van der Waals surface area contributed by atoms with Gasteiger partial charge in [0.05, 0.1) is 29.1 Å². The van der Waals surface area contributed by atoms with Crippen LogP contribution in [0.25, 0.3) is 0 Å². The minimum Gasteiger partial charge on any atom is -0.369 e. The topological polar surface area (TPSA) is 116 Å². The summed E-state index contributed by atoms with van der Waals surface area (Å²) in [4.78, 5) is 36.5. The maximum atomic E-state index is 11.7. The van der Waals surface area contributed by atoms with Crippen molar-refractivity contribution in [3.8, 4) is 6.07 Å². The van der Waals surface area contributed by atoms with E-state index < -0.39 is 11.3 Å². The summed E-state index contributed by atoms with van der Waals surface area (Å²) in [6, 6.07) is 10.2. The van der Waals surface area contributed by atoms with Crippen LogP contribution < -0.4 is 10.6 Å². The molecule has 2 aliphatic rings. The Morgan fingerprint density at radius 3 is 2.50 bits per heavy atom. The van der Waals surface area contributed by atoms with Crippen molar-refractivity contribution in [2.45, 2.75) is 32.1 Å². The standard InChI is InChI=1S/C26H28N6O2/c1-18-13-21(7-8-29-18)26(15-20(14-25(28)34)3-4-22(26)16-27)24-6-5-23(17-30-24)32-11-9-31(10-12-32)19(2)33/h3-8,13,17H,9-12,14-15H2,1-2H3,(H2,28,34). The molecular weight excluding hydrogens is 428 g/mol. The molecule has 1 atom stereocenters. The molecule has 0 saturated carbocycles. The first-order valence-electron chi connectivity index (χ1n) is 11.3. The van der Waals surface area contributed by atoms with E-state index in [2.05, 4.69) is 16.0 Å². The van der Waals surface area contributed by atoms with Gasteiger partial charge in [-0.05, 0) is 49.2 Å². The number of nitrogens with two attached hydrogens (primary N) is 1. The highest BCUT2D eigenvalue weighted by Crippen LogP contribution is 2.46. The fraction of sp³-hybridized carbons (Fsp3) is 0.346. The molecule has 3 heterocycles. The van der Waals surface area contributed by atoms with Gasteiger partial charge in [0.1, 0.15) is 0 Å². The SMILES string of the molecule is CC(=O)N1CCN(c2ccc(C3(c4ccnc(C)c4)CC(CC(N)=O)=CC=C3C#N)nc2)CC1. The van der Waals surface area contributed by atoms with Crippen molar-refractivity contribution in [1.82, 2.24) is 14.9 Å². The summed E-state index contributed by atoms with van der Waals surface area (Å²) in [6.45, 7) is 6.35. The molecule has 1 aliphatic heterocycles. The van der Waals surface area contributed by atoms with Crippen LogP contribution in [0.5, 0.6) is 0 Å². The molecule has 34 heavy (non-hydrogen) atoms. The number of hydrogen-bond donors (Lipinski definition) is 1. The first-order chi connectivity index (χ1) is 16.3. The van der Waals surface area contributed by atoms with Gasteiger partial charge < -0.3 is 15.5 Å². The van der Waals surface area contributed by atoms with Crippen LogP contribution >= 0.6 is 0 Å². The third kappa shape index (κ3) is 4.42. The van der Waals surface area contributed by atoms with Gasteiger partial charge in [-0.15, -0.1) is 0 Å². The number of nitriles is 1. The molecule has 8 heteroatoms. The molecule has 1 fully saturated rings. The Morgan fingerprint density at radius 2 is 1.91 bits per heavy atom. The van der Waals surface area contributed by atoms with Gasteiger partial charge in [0.2, 0.25) is 11.8 Å². The number of rotatable bonds is 5. The maximum Gasteiger partial charge on any atom is 0.221 e. The highest BCUT2D eigenvalue weighted by atomic mass is 16.2. The Kier molecular flexibility index (Phi) is 6.46. The molecule has 0 bridgehead atoms. The van der Waals surface area contributed by atoms with Crippen LogP contribution in [-0.4, -0.2) is 52.9 Å². The fourth-order valence-corrected chi connectivity index (χ4v) is 4.87. The van der Waals surface area contributed by atoms with E-state index in [1.54, 1.807) is 19.2 Å². The molecule has 4 rings (SSSR count). The molecule has 2 aromatic rings. The van der Waals surface area contributed by atoms with E-state index in [-0.39, 0.29) is 12.3 Å². The van der Waals surface area contributed by atoms with Crippen molar-refractivity contribution in [2.24, 2.45) is 5.73 Å². The van der Waals surface area contributed by atoms with Crippen LogP contribution in [0.1, 0.15) is 36.7 Å². The monoisotopic (exact) mass is 456 g/mol. The zero-order chi connectivity index (χ0) is 24.3. The number of anilines is 1. The first kappa shape index (κ1) is 23.2. The predicted molar refractivity (Wildman–Crippen MR) is 129 cm³/mol. The number of amides is 2. The minimum atomic E-state index is -0.839. The lowest BCUT2D eigenvalue weighted by Crippen LogP contribution is -2.48.